The highest BCUT2D eigenvalue weighted by atomic mass is 32.1. The van der Waals surface area contributed by atoms with Crippen molar-refractivity contribution < 1.29 is 14.3 Å². The van der Waals surface area contributed by atoms with Gasteiger partial charge in [0.15, 0.2) is 11.5 Å². The van der Waals surface area contributed by atoms with E-state index in [2.05, 4.69) is 39.9 Å². The number of hydrogen-bond donors (Lipinski definition) is 1. The van der Waals surface area contributed by atoms with Crippen LogP contribution in [0, 0.1) is 0 Å². The summed E-state index contributed by atoms with van der Waals surface area (Å²) in [6.45, 7) is 1.85. The van der Waals surface area contributed by atoms with E-state index in [0.717, 1.165) is 37.4 Å². The number of rotatable bonds is 5. The minimum absolute atomic E-state index is 0.173. The van der Waals surface area contributed by atoms with Crippen LogP contribution < -0.4 is 14.8 Å². The number of nitrogens with zero attached hydrogens (tertiary/aromatic N) is 1. The fraction of sp³-hybridized carbons (Fsp3) is 0.450. The van der Waals surface area contributed by atoms with Gasteiger partial charge in [0.25, 0.3) is 0 Å². The van der Waals surface area contributed by atoms with Crippen LogP contribution in [-0.4, -0.2) is 44.2 Å². The minimum Gasteiger partial charge on any atom is -0.493 e. The Kier molecular flexibility index (Phi) is 4.87. The number of carbonyl (C=O) groups is 1. The van der Waals surface area contributed by atoms with Crippen LogP contribution in [0.5, 0.6) is 11.5 Å². The molecule has 1 fully saturated rings. The van der Waals surface area contributed by atoms with Crippen molar-refractivity contribution in [1.29, 1.82) is 0 Å². The van der Waals surface area contributed by atoms with Crippen molar-refractivity contribution in [3.8, 4) is 11.5 Å². The SMILES string of the molecule is COc1cc2c(cc1OC)C(c1cccs1)N(CC1CCC(=O)N1)CC2. The molecule has 1 N–H and O–H groups in total. The van der Waals surface area contributed by atoms with Gasteiger partial charge < -0.3 is 14.8 Å². The molecule has 0 aliphatic carbocycles. The summed E-state index contributed by atoms with van der Waals surface area (Å²) in [5.41, 5.74) is 2.59. The van der Waals surface area contributed by atoms with Crippen molar-refractivity contribution in [1.82, 2.24) is 10.2 Å². The van der Waals surface area contributed by atoms with E-state index in [1.807, 2.05) is 0 Å². The second kappa shape index (κ2) is 7.29. The third-order valence-corrected chi connectivity index (χ3v) is 6.25. The Bertz CT molecular complexity index is 791. The molecular weight excluding hydrogens is 348 g/mol. The van der Waals surface area contributed by atoms with Gasteiger partial charge in [0.05, 0.1) is 20.3 Å². The van der Waals surface area contributed by atoms with Gasteiger partial charge >= 0.3 is 0 Å². The number of amides is 1. The molecule has 0 radical (unpaired) electrons. The zero-order valence-corrected chi connectivity index (χ0v) is 16.0. The van der Waals surface area contributed by atoms with Gasteiger partial charge in [-0.15, -0.1) is 11.3 Å². The lowest BCUT2D eigenvalue weighted by atomic mass is 9.90. The van der Waals surface area contributed by atoms with Crippen molar-refractivity contribution >= 4 is 17.2 Å². The molecule has 3 heterocycles. The Morgan fingerprint density at radius 1 is 1.23 bits per heavy atom. The minimum atomic E-state index is 0.173. The highest BCUT2D eigenvalue weighted by molar-refractivity contribution is 7.10. The van der Waals surface area contributed by atoms with Crippen LogP contribution >= 0.6 is 11.3 Å². The molecule has 6 heteroatoms. The Hall–Kier alpha value is -2.05. The average molecular weight is 372 g/mol. The highest BCUT2D eigenvalue weighted by Crippen LogP contribution is 2.42. The molecule has 1 saturated heterocycles. The molecule has 26 heavy (non-hydrogen) atoms. The van der Waals surface area contributed by atoms with Crippen LogP contribution in [0.15, 0.2) is 29.6 Å². The van der Waals surface area contributed by atoms with Gasteiger partial charge in [0.2, 0.25) is 5.91 Å². The topological polar surface area (TPSA) is 50.8 Å². The Balaban J connectivity index is 1.71. The molecule has 2 aliphatic heterocycles. The van der Waals surface area contributed by atoms with Crippen LogP contribution in [-0.2, 0) is 11.2 Å². The van der Waals surface area contributed by atoms with Crippen molar-refractivity contribution in [3.63, 3.8) is 0 Å². The number of hydrogen-bond acceptors (Lipinski definition) is 5. The van der Waals surface area contributed by atoms with Crippen LogP contribution in [0.25, 0.3) is 0 Å². The maximum absolute atomic E-state index is 11.6. The fourth-order valence-electron chi connectivity index (χ4n) is 4.07. The summed E-state index contributed by atoms with van der Waals surface area (Å²) in [4.78, 5) is 15.4. The maximum atomic E-state index is 11.6. The number of methoxy groups -OCH3 is 2. The van der Waals surface area contributed by atoms with Crippen LogP contribution in [0.2, 0.25) is 0 Å². The first-order valence-corrected chi connectivity index (χ1v) is 9.89. The zero-order chi connectivity index (χ0) is 18.1. The Morgan fingerprint density at radius 2 is 2.04 bits per heavy atom. The summed E-state index contributed by atoms with van der Waals surface area (Å²) >= 11 is 1.78. The lowest BCUT2D eigenvalue weighted by molar-refractivity contribution is -0.119. The maximum Gasteiger partial charge on any atom is 0.220 e. The van der Waals surface area contributed by atoms with Crippen molar-refractivity contribution in [2.45, 2.75) is 31.3 Å². The van der Waals surface area contributed by atoms with E-state index in [0.29, 0.717) is 6.42 Å². The molecule has 2 unspecified atom stereocenters. The molecule has 0 bridgehead atoms. The third kappa shape index (κ3) is 3.19. The summed E-state index contributed by atoms with van der Waals surface area (Å²) < 4.78 is 11.0. The number of carbonyl (C=O) groups excluding carboxylic acids is 1. The van der Waals surface area contributed by atoms with Crippen LogP contribution in [0.3, 0.4) is 0 Å². The standard InChI is InChI=1S/C20H24N2O3S/c1-24-16-10-13-7-8-22(12-14-5-6-19(23)21-14)20(18-4-3-9-26-18)15(13)11-17(16)25-2/h3-4,9-11,14,20H,5-8,12H2,1-2H3,(H,21,23). The summed E-state index contributed by atoms with van der Waals surface area (Å²) in [6, 6.07) is 8.97. The van der Waals surface area contributed by atoms with E-state index in [-0.39, 0.29) is 18.0 Å². The summed E-state index contributed by atoms with van der Waals surface area (Å²) in [5, 5.41) is 5.23. The molecule has 0 spiro atoms. The molecule has 0 saturated carbocycles. The van der Waals surface area contributed by atoms with Gasteiger partial charge in [-0.25, -0.2) is 0 Å². The predicted molar refractivity (Wildman–Crippen MR) is 102 cm³/mol. The highest BCUT2D eigenvalue weighted by Gasteiger charge is 2.33. The van der Waals surface area contributed by atoms with Crippen molar-refractivity contribution in [2.75, 3.05) is 27.3 Å². The molecule has 4 rings (SSSR count). The predicted octanol–water partition coefficient (Wildman–Crippen LogP) is 2.99. The van der Waals surface area contributed by atoms with E-state index in [9.17, 15) is 4.79 Å². The summed E-state index contributed by atoms with van der Waals surface area (Å²) in [5.74, 6) is 1.72. The number of fused-ring (bicyclic) bond motifs is 1. The van der Waals surface area contributed by atoms with E-state index in [1.54, 1.807) is 25.6 Å². The third-order valence-electron chi connectivity index (χ3n) is 5.33. The van der Waals surface area contributed by atoms with E-state index >= 15 is 0 Å². The normalized spacial score (nSPS) is 22.8. The smallest absolute Gasteiger partial charge is 0.220 e. The second-order valence-corrected chi connectivity index (χ2v) is 7.85. The van der Waals surface area contributed by atoms with Gasteiger partial charge in [0.1, 0.15) is 0 Å². The van der Waals surface area contributed by atoms with Gasteiger partial charge in [-0.3, -0.25) is 9.69 Å². The molecule has 138 valence electrons. The van der Waals surface area contributed by atoms with Gasteiger partial charge in [-0.2, -0.15) is 0 Å². The van der Waals surface area contributed by atoms with Gasteiger partial charge in [-0.1, -0.05) is 6.07 Å². The molecule has 2 aromatic rings. The zero-order valence-electron chi connectivity index (χ0n) is 15.2. The molecule has 5 nitrogen and oxygen atoms in total. The molecular formula is C20H24N2O3S. The summed E-state index contributed by atoms with van der Waals surface area (Å²) in [6.07, 6.45) is 2.54. The first-order chi connectivity index (χ1) is 12.7. The van der Waals surface area contributed by atoms with Crippen LogP contribution in [0.1, 0.15) is 34.9 Å². The second-order valence-electron chi connectivity index (χ2n) is 6.87. The monoisotopic (exact) mass is 372 g/mol. The van der Waals surface area contributed by atoms with E-state index in [1.165, 1.54) is 16.0 Å². The molecule has 1 aromatic heterocycles. The number of ether oxygens (including phenoxy) is 2. The lowest BCUT2D eigenvalue weighted by Crippen LogP contribution is -2.43. The van der Waals surface area contributed by atoms with Gasteiger partial charge in [-0.05, 0) is 47.5 Å². The number of benzene rings is 1. The Morgan fingerprint density at radius 3 is 2.69 bits per heavy atom. The quantitative estimate of drug-likeness (QED) is 0.877. The lowest BCUT2D eigenvalue weighted by Gasteiger charge is -2.38. The molecule has 1 aromatic carbocycles. The molecule has 2 aliphatic rings. The van der Waals surface area contributed by atoms with Crippen molar-refractivity contribution in [2.24, 2.45) is 0 Å². The number of nitrogens with one attached hydrogen (secondary N) is 1. The average Bonchev–Trinajstić information content (AvgIpc) is 3.32. The first-order valence-electron chi connectivity index (χ1n) is 9.01. The Labute approximate surface area is 157 Å². The molecule has 1 amide bonds. The fourth-order valence-corrected chi connectivity index (χ4v) is 4.95. The number of thiophene rings is 1. The van der Waals surface area contributed by atoms with Crippen LogP contribution in [0.4, 0.5) is 0 Å². The van der Waals surface area contributed by atoms with E-state index in [4.69, 9.17) is 9.47 Å². The van der Waals surface area contributed by atoms with E-state index < -0.39 is 0 Å². The first kappa shape index (κ1) is 17.4. The van der Waals surface area contributed by atoms with Gasteiger partial charge in [0, 0.05) is 30.4 Å². The summed E-state index contributed by atoms with van der Waals surface area (Å²) in [7, 11) is 3.36. The van der Waals surface area contributed by atoms with Crippen molar-refractivity contribution in [3.05, 3.63) is 45.6 Å². The molecule has 2 atom stereocenters. The largest absolute Gasteiger partial charge is 0.493 e.